The monoisotopic (exact) mass is 197 g/mol. The lowest BCUT2D eigenvalue weighted by atomic mass is 9.85. The molecule has 0 atom stereocenters. The molecule has 1 saturated heterocycles. The van der Waals surface area contributed by atoms with Gasteiger partial charge in [0, 0.05) is 13.1 Å². The quantitative estimate of drug-likeness (QED) is 0.750. The Morgan fingerprint density at radius 3 is 2.29 bits per heavy atom. The maximum Gasteiger partial charge on any atom is 0.0905 e. The zero-order valence-electron chi connectivity index (χ0n) is 9.51. The molecular formula is C12H23NO. The molecule has 14 heavy (non-hydrogen) atoms. The van der Waals surface area contributed by atoms with E-state index in [4.69, 9.17) is 4.74 Å². The third kappa shape index (κ3) is 2.29. The number of hydrogen-bond donors (Lipinski definition) is 1. The molecule has 1 heterocycles. The zero-order chi connectivity index (χ0) is 10.0. The van der Waals surface area contributed by atoms with Crippen molar-refractivity contribution in [3.63, 3.8) is 0 Å². The molecule has 0 unspecified atom stereocenters. The molecule has 82 valence electrons. The first-order valence-corrected chi connectivity index (χ1v) is 6.10. The first kappa shape index (κ1) is 10.4. The van der Waals surface area contributed by atoms with Gasteiger partial charge in [-0.25, -0.2) is 0 Å². The summed E-state index contributed by atoms with van der Waals surface area (Å²) in [6.07, 6.45) is 7.23. The van der Waals surface area contributed by atoms with E-state index in [1.807, 2.05) is 0 Å². The molecule has 1 aliphatic heterocycles. The van der Waals surface area contributed by atoms with Crippen molar-refractivity contribution in [3.05, 3.63) is 0 Å². The van der Waals surface area contributed by atoms with Gasteiger partial charge in [0.15, 0.2) is 0 Å². The van der Waals surface area contributed by atoms with Gasteiger partial charge in [-0.15, -0.1) is 0 Å². The van der Waals surface area contributed by atoms with Gasteiger partial charge < -0.3 is 10.1 Å². The van der Waals surface area contributed by atoms with Gasteiger partial charge in [-0.1, -0.05) is 13.3 Å². The third-order valence-corrected chi connectivity index (χ3v) is 3.82. The third-order valence-electron chi connectivity index (χ3n) is 3.82. The number of ether oxygens (including phenoxy) is 1. The van der Waals surface area contributed by atoms with Crippen molar-refractivity contribution in [2.24, 2.45) is 5.92 Å². The Labute approximate surface area is 87.4 Å². The molecule has 0 aromatic heterocycles. The van der Waals surface area contributed by atoms with Gasteiger partial charge in [0.25, 0.3) is 0 Å². The summed E-state index contributed by atoms with van der Waals surface area (Å²) < 4.78 is 6.15. The Morgan fingerprint density at radius 2 is 1.86 bits per heavy atom. The molecule has 1 saturated carbocycles. The summed E-state index contributed by atoms with van der Waals surface area (Å²) in [5, 5.41) is 3.29. The van der Waals surface area contributed by atoms with Crippen LogP contribution in [-0.4, -0.2) is 24.8 Å². The van der Waals surface area contributed by atoms with E-state index in [0.29, 0.717) is 6.10 Å². The lowest BCUT2D eigenvalue weighted by Gasteiger charge is -2.43. The van der Waals surface area contributed by atoms with Crippen LogP contribution in [0.15, 0.2) is 0 Å². The second kappa shape index (κ2) is 4.19. The number of rotatable bonds is 3. The van der Waals surface area contributed by atoms with Crippen molar-refractivity contribution >= 4 is 0 Å². The van der Waals surface area contributed by atoms with E-state index in [1.165, 1.54) is 32.1 Å². The van der Waals surface area contributed by atoms with Crippen molar-refractivity contribution in [3.8, 4) is 0 Å². The molecule has 1 N–H and O–H groups in total. The fraction of sp³-hybridized carbons (Fsp3) is 1.00. The molecule has 0 bridgehead atoms. The van der Waals surface area contributed by atoms with Crippen LogP contribution in [0.5, 0.6) is 0 Å². The Morgan fingerprint density at radius 1 is 1.21 bits per heavy atom. The molecule has 2 fully saturated rings. The van der Waals surface area contributed by atoms with E-state index in [0.717, 1.165) is 19.0 Å². The van der Waals surface area contributed by atoms with Gasteiger partial charge in [-0.2, -0.15) is 0 Å². The van der Waals surface area contributed by atoms with Gasteiger partial charge in [0.2, 0.25) is 0 Å². The number of nitrogens with one attached hydrogen (secondary N) is 1. The standard InChI is InChI=1S/C12H23NO/c1-3-10-4-6-11(7-5-10)14-12(2)8-13-9-12/h10-11,13H,3-9H2,1-2H3. The Kier molecular flexibility index (Phi) is 3.13. The molecule has 2 heteroatoms. The van der Waals surface area contributed by atoms with Crippen molar-refractivity contribution in [2.75, 3.05) is 13.1 Å². The minimum absolute atomic E-state index is 0.156. The molecule has 0 amide bonds. The highest BCUT2D eigenvalue weighted by atomic mass is 16.5. The smallest absolute Gasteiger partial charge is 0.0905 e. The van der Waals surface area contributed by atoms with Crippen LogP contribution in [0.4, 0.5) is 0 Å². The van der Waals surface area contributed by atoms with Crippen LogP contribution in [0.1, 0.15) is 46.0 Å². The van der Waals surface area contributed by atoms with E-state index in [2.05, 4.69) is 19.2 Å². The van der Waals surface area contributed by atoms with E-state index < -0.39 is 0 Å². The number of hydrogen-bond acceptors (Lipinski definition) is 2. The topological polar surface area (TPSA) is 21.3 Å². The van der Waals surface area contributed by atoms with Gasteiger partial charge in [-0.05, 0) is 38.5 Å². The Bertz CT molecular complexity index is 181. The van der Waals surface area contributed by atoms with Crippen molar-refractivity contribution < 1.29 is 4.74 Å². The van der Waals surface area contributed by atoms with Crippen LogP contribution < -0.4 is 5.32 Å². The highest BCUT2D eigenvalue weighted by molar-refractivity contribution is 4.91. The van der Waals surface area contributed by atoms with Crippen molar-refractivity contribution in [1.29, 1.82) is 0 Å². The minimum atomic E-state index is 0.156. The Balaban J connectivity index is 1.73. The molecule has 2 aliphatic rings. The lowest BCUT2D eigenvalue weighted by molar-refractivity contribution is -0.124. The maximum absolute atomic E-state index is 6.15. The van der Waals surface area contributed by atoms with Crippen LogP contribution >= 0.6 is 0 Å². The van der Waals surface area contributed by atoms with E-state index in [9.17, 15) is 0 Å². The summed E-state index contributed by atoms with van der Waals surface area (Å²) in [4.78, 5) is 0. The maximum atomic E-state index is 6.15. The molecule has 2 rings (SSSR count). The summed E-state index contributed by atoms with van der Waals surface area (Å²) in [5.74, 6) is 0.974. The predicted molar refractivity (Wildman–Crippen MR) is 58.4 cm³/mol. The summed E-state index contributed by atoms with van der Waals surface area (Å²) in [5.41, 5.74) is 0.156. The fourth-order valence-electron chi connectivity index (χ4n) is 2.62. The molecule has 0 radical (unpaired) electrons. The minimum Gasteiger partial charge on any atom is -0.369 e. The summed E-state index contributed by atoms with van der Waals surface area (Å²) in [6.45, 7) is 6.62. The van der Waals surface area contributed by atoms with E-state index >= 15 is 0 Å². The first-order chi connectivity index (χ1) is 6.72. The van der Waals surface area contributed by atoms with Gasteiger partial charge in [-0.3, -0.25) is 0 Å². The zero-order valence-corrected chi connectivity index (χ0v) is 9.51. The molecule has 2 nitrogen and oxygen atoms in total. The van der Waals surface area contributed by atoms with Crippen LogP contribution in [-0.2, 0) is 4.74 Å². The van der Waals surface area contributed by atoms with Crippen LogP contribution in [0.25, 0.3) is 0 Å². The normalized spacial score (nSPS) is 36.4. The summed E-state index contributed by atoms with van der Waals surface area (Å²) >= 11 is 0. The van der Waals surface area contributed by atoms with E-state index in [1.54, 1.807) is 0 Å². The first-order valence-electron chi connectivity index (χ1n) is 6.10. The SMILES string of the molecule is CCC1CCC(OC2(C)CNC2)CC1. The fourth-order valence-corrected chi connectivity index (χ4v) is 2.62. The van der Waals surface area contributed by atoms with Crippen LogP contribution in [0.3, 0.4) is 0 Å². The molecule has 0 aromatic rings. The van der Waals surface area contributed by atoms with Gasteiger partial charge >= 0.3 is 0 Å². The molecule has 1 aliphatic carbocycles. The van der Waals surface area contributed by atoms with Crippen molar-refractivity contribution in [2.45, 2.75) is 57.7 Å². The largest absolute Gasteiger partial charge is 0.369 e. The van der Waals surface area contributed by atoms with Gasteiger partial charge in [0.1, 0.15) is 0 Å². The average molecular weight is 197 g/mol. The van der Waals surface area contributed by atoms with E-state index in [-0.39, 0.29) is 5.60 Å². The Hall–Kier alpha value is -0.0800. The molecule has 0 aromatic carbocycles. The molecular weight excluding hydrogens is 174 g/mol. The van der Waals surface area contributed by atoms with Crippen LogP contribution in [0.2, 0.25) is 0 Å². The lowest BCUT2D eigenvalue weighted by Crippen LogP contribution is -2.60. The van der Waals surface area contributed by atoms with Crippen LogP contribution in [0, 0.1) is 5.92 Å². The van der Waals surface area contributed by atoms with Gasteiger partial charge in [0.05, 0.1) is 11.7 Å². The second-order valence-corrected chi connectivity index (χ2v) is 5.22. The predicted octanol–water partition coefficient (Wildman–Crippen LogP) is 2.33. The summed E-state index contributed by atoms with van der Waals surface area (Å²) in [6, 6.07) is 0. The second-order valence-electron chi connectivity index (χ2n) is 5.22. The summed E-state index contributed by atoms with van der Waals surface area (Å²) in [7, 11) is 0. The average Bonchev–Trinajstić information content (AvgIpc) is 2.17. The van der Waals surface area contributed by atoms with Crippen molar-refractivity contribution in [1.82, 2.24) is 5.32 Å². The molecule has 0 spiro atoms. The highest BCUT2D eigenvalue weighted by Crippen LogP contribution is 2.31. The highest BCUT2D eigenvalue weighted by Gasteiger charge is 2.36.